The number of nitrogens with zero attached hydrogens (tertiary/aromatic N) is 5. The van der Waals surface area contributed by atoms with Crippen molar-refractivity contribution in [2.75, 3.05) is 13.1 Å². The van der Waals surface area contributed by atoms with Gasteiger partial charge >= 0.3 is 0 Å². The highest BCUT2D eigenvalue weighted by Gasteiger charge is 2.28. The van der Waals surface area contributed by atoms with Crippen LogP contribution in [0.15, 0.2) is 36.7 Å². The fourth-order valence-corrected chi connectivity index (χ4v) is 3.84. The van der Waals surface area contributed by atoms with Gasteiger partial charge in [-0.25, -0.2) is 9.97 Å². The molecule has 2 aromatic heterocycles. The van der Waals surface area contributed by atoms with Gasteiger partial charge in [0.2, 0.25) is 0 Å². The molecule has 6 heteroatoms. The van der Waals surface area contributed by atoms with Gasteiger partial charge in [-0.1, -0.05) is 12.1 Å². The van der Waals surface area contributed by atoms with Crippen molar-refractivity contribution < 1.29 is 5.11 Å². The summed E-state index contributed by atoms with van der Waals surface area (Å²) in [5, 5.41) is 10.6. The number of imidazole rings is 2. The lowest BCUT2D eigenvalue weighted by molar-refractivity contribution is 0.0484. The molecule has 1 N–H and O–H groups in total. The number of piperidine rings is 1. The lowest BCUT2D eigenvalue weighted by Gasteiger charge is -2.33. The molecule has 1 aromatic carbocycles. The van der Waals surface area contributed by atoms with Gasteiger partial charge in [-0.05, 0) is 44.0 Å². The number of fused-ring (bicyclic) bond motifs is 1. The van der Waals surface area contributed by atoms with Crippen LogP contribution in [0.4, 0.5) is 0 Å². The van der Waals surface area contributed by atoms with Crippen molar-refractivity contribution in [3.63, 3.8) is 0 Å². The zero-order valence-corrected chi connectivity index (χ0v) is 14.8. The molecule has 0 radical (unpaired) electrons. The topological polar surface area (TPSA) is 59.1 Å². The molecule has 1 fully saturated rings. The Bertz CT molecular complexity index is 860. The van der Waals surface area contributed by atoms with Crippen LogP contribution in [0.5, 0.6) is 0 Å². The first kappa shape index (κ1) is 16.3. The van der Waals surface area contributed by atoms with Gasteiger partial charge in [-0.15, -0.1) is 0 Å². The predicted octanol–water partition coefficient (Wildman–Crippen LogP) is 2.25. The molecule has 1 saturated heterocycles. The van der Waals surface area contributed by atoms with E-state index in [1.165, 1.54) is 5.52 Å². The van der Waals surface area contributed by atoms with Crippen LogP contribution in [0.3, 0.4) is 0 Å². The molecule has 0 unspecified atom stereocenters. The highest BCUT2D eigenvalue weighted by atomic mass is 16.3. The molecule has 0 bridgehead atoms. The van der Waals surface area contributed by atoms with E-state index in [-0.39, 0.29) is 5.92 Å². The Morgan fingerprint density at radius 3 is 2.64 bits per heavy atom. The standard InChI is InChI=1S/C19H25N5O/c1-22-12-9-20-19(22)18(25)14-7-10-24(11-8-14)13-17-21-15-5-3-4-6-16(15)23(17)2/h3-6,9,12,14,18,25H,7-8,10-11,13H2,1-2H3/t18-/m0/s1. The first-order chi connectivity index (χ1) is 12.1. The van der Waals surface area contributed by atoms with Crippen molar-refractivity contribution in [1.29, 1.82) is 0 Å². The van der Waals surface area contributed by atoms with Crippen molar-refractivity contribution in [3.8, 4) is 0 Å². The summed E-state index contributed by atoms with van der Waals surface area (Å²) in [5.41, 5.74) is 2.23. The van der Waals surface area contributed by atoms with Gasteiger partial charge in [0.15, 0.2) is 0 Å². The van der Waals surface area contributed by atoms with Crippen LogP contribution in [0.2, 0.25) is 0 Å². The van der Waals surface area contributed by atoms with Crippen molar-refractivity contribution in [3.05, 3.63) is 48.3 Å². The van der Waals surface area contributed by atoms with E-state index in [4.69, 9.17) is 4.98 Å². The molecule has 0 saturated carbocycles. The van der Waals surface area contributed by atoms with Gasteiger partial charge < -0.3 is 14.2 Å². The zero-order chi connectivity index (χ0) is 17.4. The van der Waals surface area contributed by atoms with Crippen LogP contribution >= 0.6 is 0 Å². The summed E-state index contributed by atoms with van der Waals surface area (Å²) in [4.78, 5) is 11.5. The molecular formula is C19H25N5O. The van der Waals surface area contributed by atoms with Crippen molar-refractivity contribution in [2.24, 2.45) is 20.0 Å². The molecule has 0 amide bonds. The summed E-state index contributed by atoms with van der Waals surface area (Å²) in [5.74, 6) is 2.15. The number of benzene rings is 1. The smallest absolute Gasteiger partial charge is 0.137 e. The van der Waals surface area contributed by atoms with Gasteiger partial charge in [0.1, 0.15) is 17.8 Å². The number of aryl methyl sites for hydroxylation is 2. The highest BCUT2D eigenvalue weighted by Crippen LogP contribution is 2.30. The van der Waals surface area contributed by atoms with Gasteiger partial charge in [0.05, 0.1) is 17.6 Å². The second-order valence-corrected chi connectivity index (χ2v) is 7.03. The number of hydrogen-bond donors (Lipinski definition) is 1. The minimum atomic E-state index is -0.474. The summed E-state index contributed by atoms with van der Waals surface area (Å²) in [6.07, 6.45) is 5.13. The Hall–Kier alpha value is -2.18. The maximum atomic E-state index is 10.6. The number of aliphatic hydroxyl groups excluding tert-OH is 1. The Morgan fingerprint density at radius 2 is 1.96 bits per heavy atom. The number of likely N-dealkylation sites (tertiary alicyclic amines) is 1. The average molecular weight is 339 g/mol. The molecule has 25 heavy (non-hydrogen) atoms. The maximum Gasteiger partial charge on any atom is 0.137 e. The molecule has 0 spiro atoms. The second kappa shape index (κ2) is 6.61. The molecule has 1 atom stereocenters. The number of hydrogen-bond acceptors (Lipinski definition) is 4. The Labute approximate surface area is 147 Å². The number of para-hydroxylation sites is 2. The molecule has 4 rings (SSSR count). The number of aromatic nitrogens is 4. The average Bonchev–Trinajstić information content (AvgIpc) is 3.19. The van der Waals surface area contributed by atoms with Crippen LogP contribution < -0.4 is 0 Å². The SMILES string of the molecule is Cn1ccnc1[C@@H](O)C1CCN(Cc2nc3ccccc3n2C)CC1. The molecule has 1 aliphatic rings. The Balaban J connectivity index is 1.40. The summed E-state index contributed by atoms with van der Waals surface area (Å²) in [6, 6.07) is 8.26. The zero-order valence-electron chi connectivity index (χ0n) is 14.8. The van der Waals surface area contributed by atoms with Crippen molar-refractivity contribution in [1.82, 2.24) is 24.0 Å². The molecule has 1 aliphatic heterocycles. The summed E-state index contributed by atoms with van der Waals surface area (Å²) in [6.45, 7) is 2.82. The molecular weight excluding hydrogens is 314 g/mol. The summed E-state index contributed by atoms with van der Waals surface area (Å²) >= 11 is 0. The van der Waals surface area contributed by atoms with E-state index in [1.54, 1.807) is 6.20 Å². The Kier molecular flexibility index (Phi) is 4.31. The predicted molar refractivity (Wildman–Crippen MR) is 96.9 cm³/mol. The van der Waals surface area contributed by atoms with Crippen LogP contribution in [0.25, 0.3) is 11.0 Å². The fourth-order valence-electron chi connectivity index (χ4n) is 3.84. The van der Waals surface area contributed by atoms with E-state index < -0.39 is 6.10 Å². The molecule has 3 heterocycles. The van der Waals surface area contributed by atoms with E-state index in [0.29, 0.717) is 0 Å². The van der Waals surface area contributed by atoms with Crippen LogP contribution in [-0.2, 0) is 20.6 Å². The first-order valence-corrected chi connectivity index (χ1v) is 8.91. The van der Waals surface area contributed by atoms with Crippen LogP contribution in [0.1, 0.15) is 30.6 Å². The lowest BCUT2D eigenvalue weighted by Crippen LogP contribution is -2.36. The third kappa shape index (κ3) is 3.07. The third-order valence-electron chi connectivity index (χ3n) is 5.45. The quantitative estimate of drug-likeness (QED) is 0.792. The molecule has 3 aromatic rings. The second-order valence-electron chi connectivity index (χ2n) is 7.03. The summed E-state index contributed by atoms with van der Waals surface area (Å²) in [7, 11) is 4.02. The van der Waals surface area contributed by atoms with Gasteiger partial charge in [0, 0.05) is 26.5 Å². The largest absolute Gasteiger partial charge is 0.385 e. The summed E-state index contributed by atoms with van der Waals surface area (Å²) < 4.78 is 4.10. The van der Waals surface area contributed by atoms with Crippen molar-refractivity contribution in [2.45, 2.75) is 25.5 Å². The van der Waals surface area contributed by atoms with Gasteiger partial charge in [0.25, 0.3) is 0 Å². The Morgan fingerprint density at radius 1 is 1.20 bits per heavy atom. The van der Waals surface area contributed by atoms with Crippen LogP contribution in [0, 0.1) is 5.92 Å². The van der Waals surface area contributed by atoms with Gasteiger partial charge in [-0.2, -0.15) is 0 Å². The van der Waals surface area contributed by atoms with E-state index >= 15 is 0 Å². The molecule has 132 valence electrons. The molecule has 0 aliphatic carbocycles. The number of aliphatic hydroxyl groups is 1. The van der Waals surface area contributed by atoms with Gasteiger partial charge in [-0.3, -0.25) is 4.90 Å². The van der Waals surface area contributed by atoms with E-state index in [0.717, 1.165) is 49.6 Å². The van der Waals surface area contributed by atoms with Crippen molar-refractivity contribution >= 4 is 11.0 Å². The minimum Gasteiger partial charge on any atom is -0.385 e. The maximum absolute atomic E-state index is 10.6. The van der Waals surface area contributed by atoms with E-state index in [9.17, 15) is 5.11 Å². The van der Waals surface area contributed by atoms with Crippen LogP contribution in [-0.4, -0.2) is 42.2 Å². The minimum absolute atomic E-state index is 0.276. The lowest BCUT2D eigenvalue weighted by atomic mass is 9.90. The molecule has 6 nitrogen and oxygen atoms in total. The fraction of sp³-hybridized carbons (Fsp3) is 0.474. The number of rotatable bonds is 4. The normalized spacial score (nSPS) is 18.0. The highest BCUT2D eigenvalue weighted by molar-refractivity contribution is 5.75. The first-order valence-electron chi connectivity index (χ1n) is 8.91. The monoisotopic (exact) mass is 339 g/mol. The third-order valence-corrected chi connectivity index (χ3v) is 5.45. The van der Waals surface area contributed by atoms with E-state index in [1.807, 2.05) is 23.9 Å². The van der Waals surface area contributed by atoms with E-state index in [2.05, 4.69) is 39.7 Å².